The number of carbonyl (C=O) groups is 1. The van der Waals surface area contributed by atoms with E-state index in [0.29, 0.717) is 5.69 Å². The molecule has 162 valence electrons. The van der Waals surface area contributed by atoms with Crippen molar-refractivity contribution >= 4 is 21.6 Å². The Balaban J connectivity index is 1.80. The van der Waals surface area contributed by atoms with Gasteiger partial charge in [0.15, 0.2) is 0 Å². The summed E-state index contributed by atoms with van der Waals surface area (Å²) in [5.74, 6) is -0.347. The molecule has 0 aliphatic rings. The second kappa shape index (κ2) is 9.18. The van der Waals surface area contributed by atoms with Gasteiger partial charge in [-0.3, -0.25) is 14.3 Å². The van der Waals surface area contributed by atoms with Gasteiger partial charge in [-0.25, -0.2) is 8.42 Å². The number of pyridine rings is 1. The molecule has 0 aliphatic carbocycles. The van der Waals surface area contributed by atoms with Crippen LogP contribution in [0.5, 0.6) is 0 Å². The van der Waals surface area contributed by atoms with Crippen LogP contribution >= 0.6 is 0 Å². The van der Waals surface area contributed by atoms with Gasteiger partial charge in [0.05, 0.1) is 10.9 Å². The predicted molar refractivity (Wildman–Crippen MR) is 120 cm³/mol. The van der Waals surface area contributed by atoms with Crippen molar-refractivity contribution in [1.82, 2.24) is 9.88 Å². The number of benzene rings is 2. The van der Waals surface area contributed by atoms with Crippen molar-refractivity contribution in [2.24, 2.45) is 0 Å². The predicted octanol–water partition coefficient (Wildman–Crippen LogP) is 3.14. The summed E-state index contributed by atoms with van der Waals surface area (Å²) in [4.78, 5) is 25.5. The first-order chi connectivity index (χ1) is 14.7. The first-order valence-electron chi connectivity index (χ1n) is 9.81. The van der Waals surface area contributed by atoms with Crippen molar-refractivity contribution in [1.29, 1.82) is 0 Å². The first-order valence-corrected chi connectivity index (χ1v) is 11.3. The van der Waals surface area contributed by atoms with Crippen LogP contribution < -0.4 is 15.6 Å². The van der Waals surface area contributed by atoms with E-state index in [1.54, 1.807) is 25.1 Å². The van der Waals surface area contributed by atoms with E-state index in [4.69, 9.17) is 0 Å². The van der Waals surface area contributed by atoms with Crippen LogP contribution in [-0.2, 0) is 21.4 Å². The van der Waals surface area contributed by atoms with E-state index >= 15 is 0 Å². The summed E-state index contributed by atoms with van der Waals surface area (Å²) in [6, 6.07) is 18.6. The van der Waals surface area contributed by atoms with Crippen molar-refractivity contribution in [3.8, 4) is 0 Å². The van der Waals surface area contributed by atoms with Crippen LogP contribution in [-0.4, -0.2) is 18.9 Å². The van der Waals surface area contributed by atoms with Crippen LogP contribution in [0, 0.1) is 13.8 Å². The van der Waals surface area contributed by atoms with Crippen molar-refractivity contribution in [2.75, 3.05) is 4.72 Å². The van der Waals surface area contributed by atoms with E-state index in [1.165, 1.54) is 22.8 Å². The SMILES string of the molecule is Cc1ccc(S(=O)(=O)Nc2ccc(C)n(CC(=O)N[C@@H](C)c3ccccc3)c2=O)cc1. The van der Waals surface area contributed by atoms with Crippen LogP contribution in [0.1, 0.15) is 29.8 Å². The number of sulfonamides is 1. The van der Waals surface area contributed by atoms with Crippen molar-refractivity contribution in [3.05, 3.63) is 93.9 Å². The molecule has 3 rings (SSSR count). The molecule has 2 aromatic carbocycles. The van der Waals surface area contributed by atoms with E-state index in [-0.39, 0.29) is 29.1 Å². The molecule has 31 heavy (non-hydrogen) atoms. The maximum absolute atomic E-state index is 12.9. The van der Waals surface area contributed by atoms with E-state index < -0.39 is 15.6 Å². The zero-order valence-electron chi connectivity index (χ0n) is 17.6. The number of anilines is 1. The molecule has 1 heterocycles. The lowest BCUT2D eigenvalue weighted by Crippen LogP contribution is -2.35. The maximum atomic E-state index is 12.9. The van der Waals surface area contributed by atoms with Gasteiger partial charge in [-0.05, 0) is 50.6 Å². The third-order valence-corrected chi connectivity index (χ3v) is 6.33. The fourth-order valence-electron chi connectivity index (χ4n) is 3.12. The zero-order valence-corrected chi connectivity index (χ0v) is 18.4. The second-order valence-corrected chi connectivity index (χ2v) is 9.08. The molecule has 2 N–H and O–H groups in total. The summed E-state index contributed by atoms with van der Waals surface area (Å²) < 4.78 is 28.9. The highest BCUT2D eigenvalue weighted by Crippen LogP contribution is 2.15. The van der Waals surface area contributed by atoms with Crippen LogP contribution in [0.4, 0.5) is 5.69 Å². The van der Waals surface area contributed by atoms with Crippen molar-refractivity contribution < 1.29 is 13.2 Å². The minimum Gasteiger partial charge on any atom is -0.348 e. The topological polar surface area (TPSA) is 97.3 Å². The molecule has 0 saturated heterocycles. The number of aromatic nitrogens is 1. The Morgan fingerprint density at radius 1 is 0.968 bits per heavy atom. The third kappa shape index (κ3) is 5.40. The summed E-state index contributed by atoms with van der Waals surface area (Å²) in [6.45, 7) is 5.18. The Bertz CT molecular complexity index is 1230. The zero-order chi connectivity index (χ0) is 22.6. The van der Waals surface area contributed by atoms with E-state index in [1.807, 2.05) is 44.2 Å². The molecule has 1 aromatic heterocycles. The molecule has 0 unspecified atom stereocenters. The van der Waals surface area contributed by atoms with Gasteiger partial charge in [0.2, 0.25) is 5.91 Å². The van der Waals surface area contributed by atoms with Crippen LogP contribution in [0.25, 0.3) is 0 Å². The fourth-order valence-corrected chi connectivity index (χ4v) is 4.18. The molecular formula is C23H25N3O4S. The number of amides is 1. The highest BCUT2D eigenvalue weighted by atomic mass is 32.2. The van der Waals surface area contributed by atoms with Gasteiger partial charge in [0.1, 0.15) is 12.2 Å². The average molecular weight is 440 g/mol. The molecule has 7 nitrogen and oxygen atoms in total. The number of nitrogens with one attached hydrogen (secondary N) is 2. The molecule has 1 atom stereocenters. The molecule has 0 aliphatic heterocycles. The lowest BCUT2D eigenvalue weighted by Gasteiger charge is -2.17. The lowest BCUT2D eigenvalue weighted by molar-refractivity contribution is -0.122. The molecule has 0 fully saturated rings. The summed E-state index contributed by atoms with van der Waals surface area (Å²) >= 11 is 0. The van der Waals surface area contributed by atoms with E-state index in [2.05, 4.69) is 10.0 Å². The van der Waals surface area contributed by atoms with Gasteiger partial charge in [-0.15, -0.1) is 0 Å². The summed E-state index contributed by atoms with van der Waals surface area (Å²) in [5.41, 5.74) is 1.71. The quantitative estimate of drug-likeness (QED) is 0.591. The molecule has 1 amide bonds. The molecule has 3 aromatic rings. The van der Waals surface area contributed by atoms with Gasteiger partial charge < -0.3 is 9.88 Å². The number of hydrogen-bond donors (Lipinski definition) is 2. The van der Waals surface area contributed by atoms with Crippen molar-refractivity contribution in [2.45, 2.75) is 38.3 Å². The Morgan fingerprint density at radius 2 is 1.61 bits per heavy atom. The summed E-state index contributed by atoms with van der Waals surface area (Å²) in [7, 11) is -3.93. The Hall–Kier alpha value is -3.39. The monoisotopic (exact) mass is 439 g/mol. The Labute approximate surface area is 181 Å². The molecule has 8 heteroatoms. The van der Waals surface area contributed by atoms with E-state index in [0.717, 1.165) is 11.1 Å². The van der Waals surface area contributed by atoms with Gasteiger partial charge in [-0.2, -0.15) is 0 Å². The highest BCUT2D eigenvalue weighted by molar-refractivity contribution is 7.92. The number of nitrogens with zero attached hydrogens (tertiary/aromatic N) is 1. The van der Waals surface area contributed by atoms with Gasteiger partial charge in [0, 0.05) is 5.69 Å². The summed E-state index contributed by atoms with van der Waals surface area (Å²) in [6.07, 6.45) is 0. The van der Waals surface area contributed by atoms with E-state index in [9.17, 15) is 18.0 Å². The molecule has 0 saturated carbocycles. The van der Waals surface area contributed by atoms with Crippen LogP contribution in [0.3, 0.4) is 0 Å². The van der Waals surface area contributed by atoms with Gasteiger partial charge in [0.25, 0.3) is 15.6 Å². The van der Waals surface area contributed by atoms with Crippen LogP contribution in [0.15, 0.2) is 76.4 Å². The van der Waals surface area contributed by atoms with Crippen molar-refractivity contribution in [3.63, 3.8) is 0 Å². The highest BCUT2D eigenvalue weighted by Gasteiger charge is 2.18. The van der Waals surface area contributed by atoms with Gasteiger partial charge in [-0.1, -0.05) is 48.0 Å². The van der Waals surface area contributed by atoms with Gasteiger partial charge >= 0.3 is 0 Å². The first kappa shape index (κ1) is 22.3. The maximum Gasteiger partial charge on any atom is 0.275 e. The molecule has 0 radical (unpaired) electrons. The number of hydrogen-bond acceptors (Lipinski definition) is 4. The second-order valence-electron chi connectivity index (χ2n) is 7.40. The molecule has 0 spiro atoms. The summed E-state index contributed by atoms with van der Waals surface area (Å²) in [5, 5.41) is 2.86. The lowest BCUT2D eigenvalue weighted by atomic mass is 10.1. The number of aryl methyl sites for hydroxylation is 2. The number of rotatable bonds is 7. The smallest absolute Gasteiger partial charge is 0.275 e. The molecule has 0 bridgehead atoms. The molecular weight excluding hydrogens is 414 g/mol. The minimum atomic E-state index is -3.93. The fraction of sp³-hybridized carbons (Fsp3) is 0.217. The Kier molecular flexibility index (Phi) is 6.60. The average Bonchev–Trinajstić information content (AvgIpc) is 2.74. The standard InChI is InChI=1S/C23H25N3O4S/c1-16-9-12-20(13-10-16)31(29,30)25-21-14-11-17(2)26(23(21)28)15-22(27)24-18(3)19-7-5-4-6-8-19/h4-14,18,25H,15H2,1-3H3,(H,24,27)/t18-/m0/s1. The van der Waals surface area contributed by atoms with Crippen LogP contribution in [0.2, 0.25) is 0 Å². The normalized spacial score (nSPS) is 12.2. The largest absolute Gasteiger partial charge is 0.348 e. The third-order valence-electron chi connectivity index (χ3n) is 4.95. The Morgan fingerprint density at radius 3 is 2.26 bits per heavy atom. The minimum absolute atomic E-state index is 0.0547. The number of carbonyl (C=O) groups excluding carboxylic acids is 1.